The third kappa shape index (κ3) is 4.12. The van der Waals surface area contributed by atoms with Crippen LogP contribution in [0.2, 0.25) is 0 Å². The van der Waals surface area contributed by atoms with Crippen LogP contribution in [0, 0.1) is 0 Å². The second-order valence-corrected chi connectivity index (χ2v) is 4.91. The fraction of sp³-hybridized carbons (Fsp3) is 0.500. The Kier molecular flexibility index (Phi) is 5.80. The Morgan fingerprint density at radius 3 is 2.67 bits per heavy atom. The molecule has 5 nitrogen and oxygen atoms in total. The van der Waals surface area contributed by atoms with Crippen molar-refractivity contribution in [3.05, 3.63) is 22.4 Å². The van der Waals surface area contributed by atoms with E-state index in [4.69, 9.17) is 0 Å². The van der Waals surface area contributed by atoms with Crippen molar-refractivity contribution in [2.75, 3.05) is 7.05 Å². The van der Waals surface area contributed by atoms with Crippen molar-refractivity contribution >= 4 is 23.3 Å². The van der Waals surface area contributed by atoms with E-state index >= 15 is 0 Å². The van der Waals surface area contributed by atoms with Gasteiger partial charge in [-0.1, -0.05) is 13.0 Å². The summed E-state index contributed by atoms with van der Waals surface area (Å²) in [5.41, 5.74) is 0. The molecule has 18 heavy (non-hydrogen) atoms. The quantitative estimate of drug-likeness (QED) is 0.761. The van der Waals surface area contributed by atoms with E-state index in [1.54, 1.807) is 18.3 Å². The third-order valence-corrected chi connectivity index (χ3v) is 3.59. The highest BCUT2D eigenvalue weighted by Crippen LogP contribution is 2.22. The highest BCUT2D eigenvalue weighted by atomic mass is 32.1. The molecule has 2 atom stereocenters. The Hall–Kier alpha value is -1.40. The molecule has 1 rings (SSSR count). The van der Waals surface area contributed by atoms with Crippen molar-refractivity contribution < 1.29 is 9.59 Å². The van der Waals surface area contributed by atoms with Gasteiger partial charge in [0.25, 0.3) is 0 Å². The van der Waals surface area contributed by atoms with E-state index in [1.807, 2.05) is 17.5 Å². The van der Waals surface area contributed by atoms with E-state index in [9.17, 15) is 9.59 Å². The topological polar surface area (TPSA) is 70.2 Å². The van der Waals surface area contributed by atoms with Crippen molar-refractivity contribution in [3.8, 4) is 0 Å². The number of carbonyl (C=O) groups is 2. The fourth-order valence-corrected chi connectivity index (χ4v) is 2.42. The first kappa shape index (κ1) is 14.7. The molecule has 2 unspecified atom stereocenters. The minimum Gasteiger partial charge on any atom is -0.341 e. The van der Waals surface area contributed by atoms with Gasteiger partial charge in [0.1, 0.15) is 0 Å². The number of nitrogens with one attached hydrogen (secondary N) is 3. The third-order valence-electron chi connectivity index (χ3n) is 2.60. The lowest BCUT2D eigenvalue weighted by molar-refractivity contribution is -0.121. The maximum Gasteiger partial charge on any atom is 0.321 e. The van der Waals surface area contributed by atoms with Crippen LogP contribution in [-0.4, -0.2) is 25.0 Å². The Labute approximate surface area is 111 Å². The first-order valence-electron chi connectivity index (χ1n) is 5.90. The molecule has 100 valence electrons. The molecule has 1 aromatic heterocycles. The van der Waals surface area contributed by atoms with Gasteiger partial charge in [-0.3, -0.25) is 15.4 Å². The predicted octanol–water partition coefficient (Wildman–Crippen LogP) is 1.63. The van der Waals surface area contributed by atoms with Crippen molar-refractivity contribution in [2.24, 2.45) is 0 Å². The van der Waals surface area contributed by atoms with Gasteiger partial charge in [0.05, 0.1) is 6.04 Å². The molecule has 0 saturated heterocycles. The summed E-state index contributed by atoms with van der Waals surface area (Å²) in [5, 5.41) is 9.83. The molecular formula is C12H19N3O2S. The number of hydrogen-bond donors (Lipinski definition) is 3. The highest BCUT2D eigenvalue weighted by Gasteiger charge is 2.19. The number of imide groups is 1. The number of amides is 3. The molecule has 1 aromatic rings. The van der Waals surface area contributed by atoms with E-state index in [-0.39, 0.29) is 11.9 Å². The summed E-state index contributed by atoms with van der Waals surface area (Å²) in [5.74, 6) is -0.329. The van der Waals surface area contributed by atoms with E-state index < -0.39 is 12.1 Å². The number of urea groups is 1. The van der Waals surface area contributed by atoms with Gasteiger partial charge in [-0.2, -0.15) is 0 Å². The number of hydrogen-bond acceptors (Lipinski definition) is 4. The van der Waals surface area contributed by atoms with Crippen LogP contribution in [-0.2, 0) is 4.79 Å². The first-order chi connectivity index (χ1) is 8.58. The van der Waals surface area contributed by atoms with E-state index in [0.717, 1.165) is 6.42 Å². The van der Waals surface area contributed by atoms with Crippen LogP contribution in [0.4, 0.5) is 4.79 Å². The zero-order valence-corrected chi connectivity index (χ0v) is 11.6. The zero-order chi connectivity index (χ0) is 13.5. The summed E-state index contributed by atoms with van der Waals surface area (Å²) in [6.07, 6.45) is 0.887. The van der Waals surface area contributed by atoms with Gasteiger partial charge in [0.15, 0.2) is 0 Å². The molecule has 1 heterocycles. The molecule has 0 fully saturated rings. The largest absolute Gasteiger partial charge is 0.341 e. The van der Waals surface area contributed by atoms with Crippen LogP contribution in [0.15, 0.2) is 17.5 Å². The molecule has 0 aliphatic carbocycles. The van der Waals surface area contributed by atoms with Crippen LogP contribution in [0.25, 0.3) is 0 Å². The maximum atomic E-state index is 11.7. The van der Waals surface area contributed by atoms with Crippen LogP contribution in [0.5, 0.6) is 0 Å². The van der Waals surface area contributed by atoms with Gasteiger partial charge in [0.2, 0.25) is 5.91 Å². The fourth-order valence-electron chi connectivity index (χ4n) is 1.55. The van der Waals surface area contributed by atoms with E-state index in [1.165, 1.54) is 11.9 Å². The lowest BCUT2D eigenvalue weighted by Gasteiger charge is -2.20. The summed E-state index contributed by atoms with van der Waals surface area (Å²) >= 11 is 1.65. The summed E-state index contributed by atoms with van der Waals surface area (Å²) in [6, 6.07) is 3.25. The Morgan fingerprint density at radius 2 is 2.17 bits per heavy atom. The number of rotatable bonds is 5. The SMILES string of the molecule is CCC(NC(C)C(=O)NC(=O)NC)c1cccs1. The molecule has 0 saturated carbocycles. The van der Waals surface area contributed by atoms with Crippen LogP contribution < -0.4 is 16.0 Å². The smallest absolute Gasteiger partial charge is 0.321 e. The summed E-state index contributed by atoms with van der Waals surface area (Å²) in [4.78, 5) is 23.9. The molecule has 0 spiro atoms. The zero-order valence-electron chi connectivity index (χ0n) is 10.8. The van der Waals surface area contributed by atoms with Crippen LogP contribution in [0.1, 0.15) is 31.2 Å². The first-order valence-corrected chi connectivity index (χ1v) is 6.78. The van der Waals surface area contributed by atoms with Gasteiger partial charge in [0, 0.05) is 18.0 Å². The second-order valence-electron chi connectivity index (χ2n) is 3.93. The monoisotopic (exact) mass is 269 g/mol. The molecular weight excluding hydrogens is 250 g/mol. The molecule has 0 aliphatic heterocycles. The standard InChI is InChI=1S/C12H19N3O2S/c1-4-9(10-6-5-7-18-10)14-8(2)11(16)15-12(17)13-3/h5-9,14H,4H2,1-3H3,(H2,13,15,16,17). The molecule has 0 radical (unpaired) electrons. The van der Waals surface area contributed by atoms with E-state index in [2.05, 4.69) is 22.9 Å². The molecule has 0 bridgehead atoms. The molecule has 3 N–H and O–H groups in total. The highest BCUT2D eigenvalue weighted by molar-refractivity contribution is 7.10. The summed E-state index contributed by atoms with van der Waals surface area (Å²) < 4.78 is 0. The normalized spacial score (nSPS) is 13.7. The lowest BCUT2D eigenvalue weighted by atomic mass is 10.1. The predicted molar refractivity (Wildman–Crippen MR) is 72.5 cm³/mol. The molecule has 0 aliphatic rings. The van der Waals surface area contributed by atoms with Crippen molar-refractivity contribution in [2.45, 2.75) is 32.4 Å². The summed E-state index contributed by atoms with van der Waals surface area (Å²) in [7, 11) is 1.47. The lowest BCUT2D eigenvalue weighted by Crippen LogP contribution is -2.48. The number of carbonyl (C=O) groups excluding carboxylic acids is 2. The van der Waals surface area contributed by atoms with Gasteiger partial charge < -0.3 is 5.32 Å². The molecule has 3 amide bonds. The van der Waals surface area contributed by atoms with Crippen LogP contribution >= 0.6 is 11.3 Å². The van der Waals surface area contributed by atoms with Crippen molar-refractivity contribution in [3.63, 3.8) is 0 Å². The van der Waals surface area contributed by atoms with Crippen molar-refractivity contribution in [1.82, 2.24) is 16.0 Å². The molecule has 6 heteroatoms. The van der Waals surface area contributed by atoms with Gasteiger partial charge in [-0.25, -0.2) is 4.79 Å². The minimum atomic E-state index is -0.488. The van der Waals surface area contributed by atoms with Gasteiger partial charge >= 0.3 is 6.03 Å². The maximum absolute atomic E-state index is 11.7. The number of thiophene rings is 1. The Morgan fingerprint density at radius 1 is 1.44 bits per heavy atom. The Balaban J connectivity index is 2.54. The van der Waals surface area contributed by atoms with Gasteiger partial charge in [-0.05, 0) is 24.8 Å². The molecule has 0 aromatic carbocycles. The second kappa shape index (κ2) is 7.13. The van der Waals surface area contributed by atoms with Gasteiger partial charge in [-0.15, -0.1) is 11.3 Å². The average molecular weight is 269 g/mol. The van der Waals surface area contributed by atoms with E-state index in [0.29, 0.717) is 0 Å². The van der Waals surface area contributed by atoms with Crippen LogP contribution in [0.3, 0.4) is 0 Å². The summed E-state index contributed by atoms with van der Waals surface area (Å²) in [6.45, 7) is 3.80. The Bertz CT molecular complexity index is 392. The minimum absolute atomic E-state index is 0.135. The average Bonchev–Trinajstić information content (AvgIpc) is 2.88. The van der Waals surface area contributed by atoms with Crippen molar-refractivity contribution in [1.29, 1.82) is 0 Å².